The highest BCUT2D eigenvalue weighted by Gasteiger charge is 2.21. The van der Waals surface area contributed by atoms with Crippen LogP contribution < -0.4 is 5.73 Å². The van der Waals surface area contributed by atoms with E-state index >= 15 is 0 Å². The third-order valence-electron chi connectivity index (χ3n) is 6.51. The fourth-order valence-corrected chi connectivity index (χ4v) is 4.97. The molecule has 5 rings (SSSR count). The van der Waals surface area contributed by atoms with E-state index in [9.17, 15) is 0 Å². The van der Waals surface area contributed by atoms with Gasteiger partial charge in [-0.15, -0.1) is 12.4 Å². The lowest BCUT2D eigenvalue weighted by Gasteiger charge is -2.14. The number of nitrogens with two attached hydrogens (primary N) is 1. The number of hydrogen-bond acceptors (Lipinski definition) is 4. The Hall–Kier alpha value is -2.70. The molecule has 0 amide bonds. The van der Waals surface area contributed by atoms with Gasteiger partial charge in [0.15, 0.2) is 5.65 Å². The van der Waals surface area contributed by atoms with Crippen molar-refractivity contribution in [2.75, 3.05) is 0 Å². The van der Waals surface area contributed by atoms with Crippen LogP contribution in [-0.2, 0) is 6.42 Å². The van der Waals surface area contributed by atoms with Crippen molar-refractivity contribution in [1.82, 2.24) is 24.7 Å². The van der Waals surface area contributed by atoms with E-state index in [-0.39, 0.29) is 18.4 Å². The Morgan fingerprint density at radius 1 is 1.16 bits per heavy atom. The third-order valence-corrected chi connectivity index (χ3v) is 6.51. The van der Waals surface area contributed by atoms with Crippen molar-refractivity contribution in [3.63, 3.8) is 0 Å². The quantitative estimate of drug-likeness (QED) is 0.384. The summed E-state index contributed by atoms with van der Waals surface area (Å²) in [6, 6.07) is 9.23. The molecule has 0 radical (unpaired) electrons. The first kappa shape index (κ1) is 22.5. The van der Waals surface area contributed by atoms with Gasteiger partial charge in [0.1, 0.15) is 5.82 Å². The summed E-state index contributed by atoms with van der Waals surface area (Å²) in [7, 11) is 0. The van der Waals surface area contributed by atoms with Gasteiger partial charge in [-0.3, -0.25) is 4.68 Å². The van der Waals surface area contributed by atoms with Gasteiger partial charge in [-0.1, -0.05) is 24.6 Å². The van der Waals surface area contributed by atoms with Crippen molar-refractivity contribution < 1.29 is 0 Å². The van der Waals surface area contributed by atoms with E-state index in [0.29, 0.717) is 6.04 Å². The molecule has 1 atom stereocenters. The number of nitrogens with one attached hydrogen (secondary N) is 1. The minimum Gasteiger partial charge on any atom is -0.336 e. The van der Waals surface area contributed by atoms with Crippen molar-refractivity contribution in [3.8, 4) is 22.5 Å². The first-order valence-electron chi connectivity index (χ1n) is 11.2. The third kappa shape index (κ3) is 3.71. The van der Waals surface area contributed by atoms with Crippen molar-refractivity contribution in [2.45, 2.75) is 65.5 Å². The van der Waals surface area contributed by atoms with Gasteiger partial charge < -0.3 is 10.7 Å². The largest absolute Gasteiger partial charge is 0.336 e. The highest BCUT2D eigenvalue weighted by molar-refractivity contribution is 5.91. The maximum absolute atomic E-state index is 6.41. The van der Waals surface area contributed by atoms with Crippen molar-refractivity contribution in [2.24, 2.45) is 5.73 Å². The van der Waals surface area contributed by atoms with Crippen LogP contribution in [0.15, 0.2) is 30.5 Å². The maximum Gasteiger partial charge on any atom is 0.178 e. The van der Waals surface area contributed by atoms with Gasteiger partial charge in [0.25, 0.3) is 0 Å². The predicted molar refractivity (Wildman–Crippen MR) is 132 cm³/mol. The molecular weight excluding hydrogens is 420 g/mol. The number of nitrogens with zero attached hydrogens (tertiary/aromatic N) is 4. The molecule has 0 aliphatic heterocycles. The molecule has 3 heterocycles. The zero-order valence-corrected chi connectivity index (χ0v) is 20.0. The number of aromatic nitrogens is 5. The topological polar surface area (TPSA) is 85.4 Å². The first-order valence-corrected chi connectivity index (χ1v) is 11.2. The second kappa shape index (κ2) is 8.68. The van der Waals surface area contributed by atoms with E-state index in [1.807, 2.05) is 13.1 Å². The highest BCUT2D eigenvalue weighted by atomic mass is 35.5. The fraction of sp³-hybridized carbons (Fsp3) is 0.400. The van der Waals surface area contributed by atoms with Gasteiger partial charge in [0, 0.05) is 29.5 Å². The Labute approximate surface area is 195 Å². The van der Waals surface area contributed by atoms with Crippen LogP contribution >= 0.6 is 12.4 Å². The summed E-state index contributed by atoms with van der Waals surface area (Å²) in [6.07, 6.45) is 6.39. The van der Waals surface area contributed by atoms with Crippen LogP contribution in [0, 0.1) is 13.8 Å². The molecule has 7 heteroatoms. The normalized spacial score (nSPS) is 16.1. The standard InChI is InChI=1S/C25H30N6.ClH/c1-14(2)31-16(4)22(15(3)30-31)24-28-23-20(11-12-27-25(23)29-24)18-9-10-19-17(13-18)7-5-6-8-21(19)26;/h9-14,21H,5-8,26H2,1-4H3,(H,27,28,29);1H. The van der Waals surface area contributed by atoms with Gasteiger partial charge in [-0.2, -0.15) is 5.10 Å². The predicted octanol–water partition coefficient (Wildman–Crippen LogP) is 5.83. The van der Waals surface area contributed by atoms with Crippen LogP contribution in [0.5, 0.6) is 0 Å². The monoisotopic (exact) mass is 450 g/mol. The molecular formula is C25H31ClN6. The molecule has 1 aliphatic rings. The van der Waals surface area contributed by atoms with Gasteiger partial charge >= 0.3 is 0 Å². The average molecular weight is 451 g/mol. The lowest BCUT2D eigenvalue weighted by atomic mass is 9.94. The van der Waals surface area contributed by atoms with Crippen LogP contribution in [0.25, 0.3) is 33.7 Å². The fourth-order valence-electron chi connectivity index (χ4n) is 4.97. The molecule has 1 aromatic carbocycles. The Morgan fingerprint density at radius 2 is 1.97 bits per heavy atom. The second-order valence-corrected chi connectivity index (χ2v) is 8.99. The summed E-state index contributed by atoms with van der Waals surface area (Å²) >= 11 is 0. The molecule has 0 spiro atoms. The highest BCUT2D eigenvalue weighted by Crippen LogP contribution is 2.34. The lowest BCUT2D eigenvalue weighted by molar-refractivity contribution is 0.516. The number of imidazole rings is 1. The van der Waals surface area contributed by atoms with Crippen LogP contribution in [0.3, 0.4) is 0 Å². The van der Waals surface area contributed by atoms with E-state index in [0.717, 1.165) is 52.3 Å². The number of benzene rings is 1. The van der Waals surface area contributed by atoms with Gasteiger partial charge in [0.05, 0.1) is 16.8 Å². The SMILES string of the molecule is Cc1nn(C(C)C)c(C)c1-c1nc2nccc(-c3ccc4c(c3)CCCCC4N)c2[nH]1.Cl. The van der Waals surface area contributed by atoms with E-state index < -0.39 is 0 Å². The van der Waals surface area contributed by atoms with Gasteiger partial charge in [-0.25, -0.2) is 9.97 Å². The Kier molecular flexibility index (Phi) is 6.10. The first-order chi connectivity index (χ1) is 14.9. The minimum absolute atomic E-state index is 0. The Balaban J connectivity index is 0.00000245. The van der Waals surface area contributed by atoms with Crippen LogP contribution in [0.4, 0.5) is 0 Å². The molecule has 3 N–H and O–H groups in total. The summed E-state index contributed by atoms with van der Waals surface area (Å²) in [5.41, 5.74) is 16.2. The van der Waals surface area contributed by atoms with Crippen LogP contribution in [0.1, 0.15) is 67.7 Å². The van der Waals surface area contributed by atoms with E-state index in [1.54, 1.807) is 0 Å². The van der Waals surface area contributed by atoms with E-state index in [2.05, 4.69) is 59.7 Å². The molecule has 0 fully saturated rings. The Morgan fingerprint density at radius 3 is 2.72 bits per heavy atom. The molecule has 0 saturated heterocycles. The molecule has 1 unspecified atom stereocenters. The molecule has 0 saturated carbocycles. The van der Waals surface area contributed by atoms with Crippen LogP contribution in [0.2, 0.25) is 0 Å². The van der Waals surface area contributed by atoms with Gasteiger partial charge in [-0.05, 0) is 69.7 Å². The number of hydrogen-bond donors (Lipinski definition) is 2. The summed E-state index contributed by atoms with van der Waals surface area (Å²) in [5, 5.41) is 4.73. The summed E-state index contributed by atoms with van der Waals surface area (Å²) in [6.45, 7) is 8.43. The lowest BCUT2D eigenvalue weighted by Crippen LogP contribution is -2.10. The van der Waals surface area contributed by atoms with Crippen molar-refractivity contribution >= 4 is 23.6 Å². The number of pyridine rings is 1. The van der Waals surface area contributed by atoms with Crippen molar-refractivity contribution in [1.29, 1.82) is 0 Å². The number of H-pyrrole nitrogens is 1. The summed E-state index contributed by atoms with van der Waals surface area (Å²) in [4.78, 5) is 12.9. The number of halogens is 1. The zero-order valence-electron chi connectivity index (χ0n) is 19.1. The molecule has 6 nitrogen and oxygen atoms in total. The summed E-state index contributed by atoms with van der Waals surface area (Å²) < 4.78 is 2.06. The number of aryl methyl sites for hydroxylation is 2. The van der Waals surface area contributed by atoms with E-state index in [4.69, 9.17) is 15.8 Å². The number of fused-ring (bicyclic) bond motifs is 2. The molecule has 0 bridgehead atoms. The second-order valence-electron chi connectivity index (χ2n) is 8.99. The van der Waals surface area contributed by atoms with Crippen LogP contribution in [-0.4, -0.2) is 24.7 Å². The number of rotatable bonds is 3. The molecule has 3 aromatic heterocycles. The minimum atomic E-state index is 0. The molecule has 168 valence electrons. The Bertz CT molecular complexity index is 1270. The summed E-state index contributed by atoms with van der Waals surface area (Å²) in [5.74, 6) is 0.827. The van der Waals surface area contributed by atoms with Crippen molar-refractivity contribution in [3.05, 3.63) is 53.0 Å². The zero-order chi connectivity index (χ0) is 21.7. The maximum atomic E-state index is 6.41. The van der Waals surface area contributed by atoms with E-state index in [1.165, 1.54) is 29.5 Å². The molecule has 1 aliphatic carbocycles. The molecule has 32 heavy (non-hydrogen) atoms. The molecule has 4 aromatic rings. The van der Waals surface area contributed by atoms with Gasteiger partial charge in [0.2, 0.25) is 0 Å². The smallest absolute Gasteiger partial charge is 0.178 e. The average Bonchev–Trinajstić information content (AvgIpc) is 3.24. The number of aromatic amines is 1.